The fourth-order valence-corrected chi connectivity index (χ4v) is 3.01. The molecule has 0 amide bonds. The van der Waals surface area contributed by atoms with E-state index in [0.717, 1.165) is 37.9 Å². The van der Waals surface area contributed by atoms with Crippen LogP contribution in [0.15, 0.2) is 11.8 Å². The molecular formula is C16H29N3OS. The van der Waals surface area contributed by atoms with Gasteiger partial charge in [-0.25, -0.2) is 4.98 Å². The average Bonchev–Trinajstić information content (AvgIpc) is 2.92. The van der Waals surface area contributed by atoms with Gasteiger partial charge in [0, 0.05) is 44.4 Å². The molecule has 0 aliphatic carbocycles. The molecule has 0 unspecified atom stereocenters. The maximum Gasteiger partial charge on any atom is 0.185 e. The Balaban J connectivity index is 2.71. The van der Waals surface area contributed by atoms with Gasteiger partial charge >= 0.3 is 0 Å². The zero-order valence-corrected chi connectivity index (χ0v) is 14.8. The van der Waals surface area contributed by atoms with E-state index in [2.05, 4.69) is 49.0 Å². The van der Waals surface area contributed by atoms with Gasteiger partial charge in [0.25, 0.3) is 0 Å². The molecule has 5 heteroatoms. The summed E-state index contributed by atoms with van der Waals surface area (Å²) < 4.78 is 5.06. The van der Waals surface area contributed by atoms with Crippen LogP contribution in [0.4, 0.5) is 5.13 Å². The molecule has 0 saturated carbocycles. The Bertz CT molecular complexity index is 425. The number of nitrogens with one attached hydrogen (secondary N) is 1. The van der Waals surface area contributed by atoms with Gasteiger partial charge in [0.05, 0.1) is 6.61 Å². The zero-order chi connectivity index (χ0) is 15.7. The number of ether oxygens (including phenoxy) is 1. The minimum atomic E-state index is 0.527. The monoisotopic (exact) mass is 311 g/mol. The molecule has 1 rings (SSSR count). The summed E-state index contributed by atoms with van der Waals surface area (Å²) in [6, 6.07) is 0. The lowest BCUT2D eigenvalue weighted by Crippen LogP contribution is -2.23. The molecule has 120 valence electrons. The van der Waals surface area contributed by atoms with Crippen LogP contribution in [0.3, 0.4) is 0 Å². The third-order valence-electron chi connectivity index (χ3n) is 3.43. The molecule has 0 atom stereocenters. The molecule has 0 saturated heterocycles. The summed E-state index contributed by atoms with van der Waals surface area (Å²) in [7, 11) is 1.73. The van der Waals surface area contributed by atoms with Gasteiger partial charge in [0.2, 0.25) is 0 Å². The SMILES string of the molecule is CCN(CC)c1ncc(C=C(CNCCOC)C(C)C)s1. The quantitative estimate of drug-likeness (QED) is 0.673. The summed E-state index contributed by atoms with van der Waals surface area (Å²) in [6.07, 6.45) is 4.25. The van der Waals surface area contributed by atoms with E-state index in [1.165, 1.54) is 10.5 Å². The van der Waals surface area contributed by atoms with Crippen molar-refractivity contribution >= 4 is 22.5 Å². The molecule has 0 aliphatic heterocycles. The first-order valence-corrected chi connectivity index (χ1v) is 8.54. The van der Waals surface area contributed by atoms with E-state index in [1.54, 1.807) is 18.4 Å². The van der Waals surface area contributed by atoms with Gasteiger partial charge in [0.1, 0.15) is 0 Å². The van der Waals surface area contributed by atoms with E-state index in [9.17, 15) is 0 Å². The highest BCUT2D eigenvalue weighted by Crippen LogP contribution is 2.25. The highest BCUT2D eigenvalue weighted by molar-refractivity contribution is 7.16. The number of thiazole rings is 1. The molecule has 0 radical (unpaired) electrons. The van der Waals surface area contributed by atoms with Crippen molar-refractivity contribution in [2.24, 2.45) is 5.92 Å². The van der Waals surface area contributed by atoms with Crippen LogP contribution in [-0.2, 0) is 4.74 Å². The number of hydrogen-bond acceptors (Lipinski definition) is 5. The van der Waals surface area contributed by atoms with Crippen LogP contribution in [0.1, 0.15) is 32.6 Å². The highest BCUT2D eigenvalue weighted by Gasteiger charge is 2.08. The Kier molecular flexibility index (Phi) is 8.57. The molecular weight excluding hydrogens is 282 g/mol. The zero-order valence-electron chi connectivity index (χ0n) is 14.0. The second-order valence-corrected chi connectivity index (χ2v) is 6.30. The molecule has 21 heavy (non-hydrogen) atoms. The number of methoxy groups -OCH3 is 1. The molecule has 0 fully saturated rings. The van der Waals surface area contributed by atoms with E-state index in [1.807, 2.05) is 6.20 Å². The number of aromatic nitrogens is 1. The minimum Gasteiger partial charge on any atom is -0.383 e. The summed E-state index contributed by atoms with van der Waals surface area (Å²) in [5.41, 5.74) is 1.40. The summed E-state index contributed by atoms with van der Waals surface area (Å²) >= 11 is 1.77. The fourth-order valence-electron chi connectivity index (χ4n) is 2.00. The van der Waals surface area contributed by atoms with Crippen LogP contribution < -0.4 is 10.2 Å². The van der Waals surface area contributed by atoms with Crippen molar-refractivity contribution in [1.82, 2.24) is 10.3 Å². The number of rotatable bonds is 10. The van der Waals surface area contributed by atoms with E-state index >= 15 is 0 Å². The smallest absolute Gasteiger partial charge is 0.185 e. The summed E-state index contributed by atoms with van der Waals surface area (Å²) in [6.45, 7) is 13.3. The third kappa shape index (κ3) is 6.16. The van der Waals surface area contributed by atoms with Crippen LogP contribution in [0.2, 0.25) is 0 Å². The van der Waals surface area contributed by atoms with Crippen LogP contribution in [0.5, 0.6) is 0 Å². The molecule has 0 bridgehead atoms. The molecule has 1 heterocycles. The Morgan fingerprint density at radius 1 is 1.43 bits per heavy atom. The Morgan fingerprint density at radius 2 is 2.14 bits per heavy atom. The summed E-state index contributed by atoms with van der Waals surface area (Å²) in [5, 5.41) is 4.53. The molecule has 0 aliphatic rings. The van der Waals surface area contributed by atoms with Crippen molar-refractivity contribution in [1.29, 1.82) is 0 Å². The second kappa shape index (κ2) is 9.92. The molecule has 0 spiro atoms. The van der Waals surface area contributed by atoms with E-state index in [-0.39, 0.29) is 0 Å². The standard InChI is InChI=1S/C16H29N3OS/c1-6-19(7-2)16-18-12-15(21-16)10-14(13(3)4)11-17-8-9-20-5/h10,12-13,17H,6-9,11H2,1-5H3. The maximum atomic E-state index is 5.06. The summed E-state index contributed by atoms with van der Waals surface area (Å²) in [4.78, 5) is 8.06. The number of hydrogen-bond donors (Lipinski definition) is 1. The van der Waals surface area contributed by atoms with Crippen molar-refractivity contribution in [2.75, 3.05) is 44.8 Å². The first-order chi connectivity index (χ1) is 10.1. The first-order valence-electron chi connectivity index (χ1n) is 7.73. The van der Waals surface area contributed by atoms with Crippen molar-refractivity contribution in [3.05, 3.63) is 16.6 Å². The number of nitrogens with zero attached hydrogens (tertiary/aromatic N) is 2. The largest absolute Gasteiger partial charge is 0.383 e. The molecule has 4 nitrogen and oxygen atoms in total. The third-order valence-corrected chi connectivity index (χ3v) is 4.43. The van der Waals surface area contributed by atoms with Gasteiger partial charge in [-0.1, -0.05) is 30.8 Å². The van der Waals surface area contributed by atoms with Crippen LogP contribution in [0, 0.1) is 5.92 Å². The van der Waals surface area contributed by atoms with Gasteiger partial charge < -0.3 is 15.0 Å². The van der Waals surface area contributed by atoms with Crippen LogP contribution in [-0.4, -0.2) is 44.9 Å². The van der Waals surface area contributed by atoms with Crippen molar-refractivity contribution in [3.63, 3.8) is 0 Å². The lowest BCUT2D eigenvalue weighted by Gasteiger charge is -2.16. The predicted octanol–water partition coefficient (Wildman–Crippen LogP) is 3.26. The predicted molar refractivity (Wildman–Crippen MR) is 93.2 cm³/mol. The maximum absolute atomic E-state index is 5.06. The average molecular weight is 311 g/mol. The van der Waals surface area contributed by atoms with Crippen LogP contribution in [0.25, 0.3) is 6.08 Å². The normalized spacial score (nSPS) is 12.2. The molecule has 1 N–H and O–H groups in total. The van der Waals surface area contributed by atoms with E-state index < -0.39 is 0 Å². The van der Waals surface area contributed by atoms with Crippen LogP contribution >= 0.6 is 11.3 Å². The Morgan fingerprint density at radius 3 is 2.71 bits per heavy atom. The minimum absolute atomic E-state index is 0.527. The first kappa shape index (κ1) is 18.1. The molecule has 1 aromatic rings. The summed E-state index contributed by atoms with van der Waals surface area (Å²) in [5.74, 6) is 0.527. The van der Waals surface area contributed by atoms with Gasteiger partial charge in [-0.2, -0.15) is 0 Å². The fraction of sp³-hybridized carbons (Fsp3) is 0.688. The van der Waals surface area contributed by atoms with Crippen molar-refractivity contribution in [2.45, 2.75) is 27.7 Å². The Labute approximate surface area is 133 Å². The highest BCUT2D eigenvalue weighted by atomic mass is 32.1. The number of anilines is 1. The van der Waals surface area contributed by atoms with E-state index in [0.29, 0.717) is 5.92 Å². The van der Waals surface area contributed by atoms with Gasteiger partial charge in [-0.05, 0) is 25.8 Å². The lowest BCUT2D eigenvalue weighted by atomic mass is 10.0. The van der Waals surface area contributed by atoms with Crippen molar-refractivity contribution in [3.8, 4) is 0 Å². The van der Waals surface area contributed by atoms with Crippen molar-refractivity contribution < 1.29 is 4.74 Å². The Hall–Kier alpha value is -0.910. The van der Waals surface area contributed by atoms with Gasteiger partial charge in [-0.15, -0.1) is 0 Å². The second-order valence-electron chi connectivity index (χ2n) is 5.26. The topological polar surface area (TPSA) is 37.4 Å². The van der Waals surface area contributed by atoms with Gasteiger partial charge in [-0.3, -0.25) is 0 Å². The molecule has 0 aromatic carbocycles. The van der Waals surface area contributed by atoms with E-state index in [4.69, 9.17) is 4.74 Å². The molecule has 1 aromatic heterocycles. The lowest BCUT2D eigenvalue weighted by molar-refractivity contribution is 0.200. The van der Waals surface area contributed by atoms with Gasteiger partial charge in [0.15, 0.2) is 5.13 Å².